The lowest BCUT2D eigenvalue weighted by Crippen LogP contribution is -2.29. The number of hydrogen-bond donors (Lipinski definition) is 1. The van der Waals surface area contributed by atoms with Gasteiger partial charge in [0.1, 0.15) is 17.2 Å². The van der Waals surface area contributed by atoms with Crippen LogP contribution in [0.1, 0.15) is 28.1 Å². The molecular formula is C20H20N4O4S. The zero-order chi connectivity index (χ0) is 21.0. The fourth-order valence-electron chi connectivity index (χ4n) is 2.71. The number of thiazole rings is 1. The molecule has 1 aromatic carbocycles. The van der Waals surface area contributed by atoms with E-state index in [9.17, 15) is 14.4 Å². The maximum absolute atomic E-state index is 12.5. The van der Waals surface area contributed by atoms with E-state index in [1.165, 1.54) is 10.6 Å². The second kappa shape index (κ2) is 8.78. The van der Waals surface area contributed by atoms with E-state index in [1.807, 2.05) is 30.3 Å². The fraction of sp³-hybridized carbons (Fsp3) is 0.250. The van der Waals surface area contributed by atoms with Gasteiger partial charge in [0.25, 0.3) is 5.56 Å². The standard InChI is InChI=1S/C20H20N4O4S/c1-4-28-19(27)18-12(2)21-20(29-18)23-16(25)11-24-13(3)22-15(10-17(24)26)14-8-6-5-7-9-14/h5-10H,4,11H2,1-3H3,(H,21,23,25). The van der Waals surface area contributed by atoms with Crippen molar-refractivity contribution in [2.24, 2.45) is 0 Å². The second-order valence-electron chi connectivity index (χ2n) is 6.18. The summed E-state index contributed by atoms with van der Waals surface area (Å²) in [5.41, 5.74) is 1.54. The van der Waals surface area contributed by atoms with Gasteiger partial charge in [-0.15, -0.1) is 0 Å². The van der Waals surface area contributed by atoms with Gasteiger partial charge in [-0.3, -0.25) is 14.2 Å². The lowest BCUT2D eigenvalue weighted by molar-refractivity contribution is -0.116. The maximum Gasteiger partial charge on any atom is 0.350 e. The number of aryl methyl sites for hydroxylation is 2. The van der Waals surface area contributed by atoms with Crippen LogP contribution in [0.3, 0.4) is 0 Å². The van der Waals surface area contributed by atoms with E-state index in [2.05, 4.69) is 15.3 Å². The van der Waals surface area contributed by atoms with Crippen molar-refractivity contribution in [3.8, 4) is 11.3 Å². The zero-order valence-corrected chi connectivity index (χ0v) is 17.1. The van der Waals surface area contributed by atoms with Gasteiger partial charge in [-0.1, -0.05) is 41.7 Å². The van der Waals surface area contributed by atoms with Crippen LogP contribution in [0.15, 0.2) is 41.2 Å². The highest BCUT2D eigenvalue weighted by Gasteiger charge is 2.18. The summed E-state index contributed by atoms with van der Waals surface area (Å²) in [6.45, 7) is 5.10. The topological polar surface area (TPSA) is 103 Å². The lowest BCUT2D eigenvalue weighted by atomic mass is 10.1. The van der Waals surface area contributed by atoms with Crippen molar-refractivity contribution < 1.29 is 14.3 Å². The number of nitrogens with one attached hydrogen (secondary N) is 1. The number of rotatable bonds is 6. The average molecular weight is 412 g/mol. The van der Waals surface area contributed by atoms with Gasteiger partial charge in [-0.05, 0) is 20.8 Å². The van der Waals surface area contributed by atoms with Crippen LogP contribution in [0.4, 0.5) is 5.13 Å². The van der Waals surface area contributed by atoms with Crippen molar-refractivity contribution in [3.05, 3.63) is 63.1 Å². The number of benzene rings is 1. The third kappa shape index (κ3) is 4.75. The first kappa shape index (κ1) is 20.4. The van der Waals surface area contributed by atoms with Gasteiger partial charge in [0, 0.05) is 11.6 Å². The van der Waals surface area contributed by atoms with Crippen LogP contribution < -0.4 is 10.9 Å². The molecule has 0 saturated carbocycles. The predicted molar refractivity (Wildman–Crippen MR) is 110 cm³/mol. The first-order chi connectivity index (χ1) is 13.9. The van der Waals surface area contributed by atoms with Crippen molar-refractivity contribution in [1.29, 1.82) is 0 Å². The van der Waals surface area contributed by atoms with Gasteiger partial charge >= 0.3 is 5.97 Å². The summed E-state index contributed by atoms with van der Waals surface area (Å²) >= 11 is 1.03. The van der Waals surface area contributed by atoms with Crippen molar-refractivity contribution in [1.82, 2.24) is 14.5 Å². The van der Waals surface area contributed by atoms with Crippen molar-refractivity contribution in [2.45, 2.75) is 27.3 Å². The van der Waals surface area contributed by atoms with Crippen molar-refractivity contribution in [3.63, 3.8) is 0 Å². The molecule has 2 heterocycles. The van der Waals surface area contributed by atoms with E-state index in [1.54, 1.807) is 20.8 Å². The smallest absolute Gasteiger partial charge is 0.350 e. The van der Waals surface area contributed by atoms with Crippen LogP contribution in [-0.2, 0) is 16.1 Å². The summed E-state index contributed by atoms with van der Waals surface area (Å²) in [4.78, 5) is 45.7. The van der Waals surface area contributed by atoms with E-state index in [-0.39, 0.29) is 23.8 Å². The van der Waals surface area contributed by atoms with E-state index in [4.69, 9.17) is 4.74 Å². The minimum atomic E-state index is -0.476. The average Bonchev–Trinajstić information content (AvgIpc) is 3.05. The fourth-order valence-corrected chi connectivity index (χ4v) is 3.59. The van der Waals surface area contributed by atoms with E-state index < -0.39 is 11.9 Å². The summed E-state index contributed by atoms with van der Waals surface area (Å²) in [6.07, 6.45) is 0. The highest BCUT2D eigenvalue weighted by molar-refractivity contribution is 7.17. The maximum atomic E-state index is 12.5. The molecule has 0 aliphatic carbocycles. The number of carbonyl (C=O) groups excluding carboxylic acids is 2. The summed E-state index contributed by atoms with van der Waals surface area (Å²) in [5, 5.41) is 2.90. The first-order valence-corrected chi connectivity index (χ1v) is 9.79. The van der Waals surface area contributed by atoms with Crippen molar-refractivity contribution in [2.75, 3.05) is 11.9 Å². The highest BCUT2D eigenvalue weighted by Crippen LogP contribution is 2.23. The van der Waals surface area contributed by atoms with Gasteiger partial charge in [-0.2, -0.15) is 0 Å². The molecule has 8 nitrogen and oxygen atoms in total. The van der Waals surface area contributed by atoms with Crippen molar-refractivity contribution >= 4 is 28.3 Å². The molecule has 0 fully saturated rings. The molecule has 0 spiro atoms. The molecule has 0 atom stereocenters. The predicted octanol–water partition coefficient (Wildman–Crippen LogP) is 2.80. The monoisotopic (exact) mass is 412 g/mol. The Morgan fingerprint density at radius 1 is 1.17 bits per heavy atom. The molecule has 0 bridgehead atoms. The number of nitrogens with zero attached hydrogens (tertiary/aromatic N) is 3. The Bertz CT molecular complexity index is 1110. The molecule has 1 N–H and O–H groups in total. The molecule has 150 valence electrons. The number of carbonyl (C=O) groups is 2. The molecule has 0 unspecified atom stereocenters. The lowest BCUT2D eigenvalue weighted by Gasteiger charge is -2.10. The van der Waals surface area contributed by atoms with Gasteiger partial charge in [-0.25, -0.2) is 14.8 Å². The molecule has 3 rings (SSSR count). The Labute approximate surface area is 171 Å². The summed E-state index contributed by atoms with van der Waals surface area (Å²) in [6, 6.07) is 10.8. The third-order valence-corrected chi connectivity index (χ3v) is 5.13. The molecule has 0 aliphatic heterocycles. The minimum Gasteiger partial charge on any atom is -0.462 e. The molecule has 0 saturated heterocycles. The highest BCUT2D eigenvalue weighted by atomic mass is 32.1. The normalized spacial score (nSPS) is 10.6. The van der Waals surface area contributed by atoms with Crippen LogP contribution in [0.5, 0.6) is 0 Å². The van der Waals surface area contributed by atoms with Gasteiger partial charge in [0.2, 0.25) is 5.91 Å². The second-order valence-corrected chi connectivity index (χ2v) is 7.18. The van der Waals surface area contributed by atoms with E-state index in [0.29, 0.717) is 22.1 Å². The number of esters is 1. The molecule has 0 radical (unpaired) electrons. The number of anilines is 1. The Kier molecular flexibility index (Phi) is 6.18. The van der Waals surface area contributed by atoms with E-state index >= 15 is 0 Å². The SMILES string of the molecule is CCOC(=O)c1sc(NC(=O)Cn2c(C)nc(-c3ccccc3)cc2=O)nc1C. The zero-order valence-electron chi connectivity index (χ0n) is 16.3. The largest absolute Gasteiger partial charge is 0.462 e. The van der Waals surface area contributed by atoms with Crippen LogP contribution in [0, 0.1) is 13.8 Å². The van der Waals surface area contributed by atoms with Gasteiger partial charge in [0.15, 0.2) is 5.13 Å². The van der Waals surface area contributed by atoms with Gasteiger partial charge < -0.3 is 10.1 Å². The molecule has 3 aromatic rings. The number of hydrogen-bond acceptors (Lipinski definition) is 7. The minimum absolute atomic E-state index is 0.208. The molecular weight excluding hydrogens is 392 g/mol. The Balaban J connectivity index is 1.75. The summed E-state index contributed by atoms with van der Waals surface area (Å²) < 4.78 is 6.25. The molecule has 9 heteroatoms. The quantitative estimate of drug-likeness (QED) is 0.625. The molecule has 29 heavy (non-hydrogen) atoms. The van der Waals surface area contributed by atoms with Crippen LogP contribution >= 0.6 is 11.3 Å². The van der Waals surface area contributed by atoms with E-state index in [0.717, 1.165) is 16.9 Å². The van der Waals surface area contributed by atoms with Crippen LogP contribution in [-0.4, -0.2) is 33.0 Å². The summed E-state index contributed by atoms with van der Waals surface area (Å²) in [7, 11) is 0. The number of ether oxygens (including phenoxy) is 1. The third-order valence-electron chi connectivity index (χ3n) is 4.07. The number of aromatic nitrogens is 3. The first-order valence-electron chi connectivity index (χ1n) is 8.97. The molecule has 0 aliphatic rings. The Hall–Kier alpha value is -3.33. The molecule has 1 amide bonds. The van der Waals surface area contributed by atoms with Crippen LogP contribution in [0.2, 0.25) is 0 Å². The Morgan fingerprint density at radius 2 is 1.90 bits per heavy atom. The Morgan fingerprint density at radius 3 is 2.55 bits per heavy atom. The van der Waals surface area contributed by atoms with Gasteiger partial charge in [0.05, 0.1) is 18.0 Å². The van der Waals surface area contributed by atoms with Crippen LogP contribution in [0.25, 0.3) is 11.3 Å². The molecule has 2 aromatic heterocycles. The number of amides is 1. The summed E-state index contributed by atoms with van der Waals surface area (Å²) in [5.74, 6) is -0.488.